The maximum absolute atomic E-state index is 12.0. The van der Waals surface area contributed by atoms with E-state index in [-0.39, 0.29) is 5.97 Å². The quantitative estimate of drug-likeness (QED) is 0.0477. The van der Waals surface area contributed by atoms with Gasteiger partial charge in [-0.25, -0.2) is 4.79 Å². The number of ether oxygens (including phenoxy) is 1. The van der Waals surface area contributed by atoms with Gasteiger partial charge in [0.05, 0.1) is 6.61 Å². The van der Waals surface area contributed by atoms with E-state index >= 15 is 0 Å². The Bertz CT molecular complexity index is 554. The van der Waals surface area contributed by atoms with Gasteiger partial charge in [0.15, 0.2) is 0 Å². The second-order valence-electron chi connectivity index (χ2n) is 13.6. The van der Waals surface area contributed by atoms with Gasteiger partial charge < -0.3 is 4.74 Å². The Labute approximate surface area is 253 Å². The van der Waals surface area contributed by atoms with Crippen molar-refractivity contribution >= 4 is 5.97 Å². The third-order valence-corrected chi connectivity index (χ3v) is 9.03. The molecule has 40 heavy (non-hydrogen) atoms. The molecule has 2 nitrogen and oxygen atoms in total. The molecule has 0 aromatic heterocycles. The second-order valence-corrected chi connectivity index (χ2v) is 13.6. The standard InChI is InChI=1S/C38H74O2/c1-7-9-11-13-15-17-19-21-23-27-35(5)29-25-26-30-37(33-40-38(39)34(3)4)32-31-36(6)28-24-22-20-18-16-14-12-10-8-2/h35-37H,3,7-33H2,1-2,4-6H3. The Morgan fingerprint density at radius 1 is 0.525 bits per heavy atom. The Morgan fingerprint density at radius 2 is 0.875 bits per heavy atom. The minimum absolute atomic E-state index is 0.220. The highest BCUT2D eigenvalue weighted by Gasteiger charge is 2.15. The van der Waals surface area contributed by atoms with Gasteiger partial charge in [-0.05, 0) is 37.5 Å². The van der Waals surface area contributed by atoms with E-state index in [0.717, 1.165) is 11.8 Å². The topological polar surface area (TPSA) is 26.3 Å². The number of hydrogen-bond donors (Lipinski definition) is 0. The van der Waals surface area contributed by atoms with E-state index in [0.29, 0.717) is 18.1 Å². The molecule has 0 radical (unpaired) electrons. The van der Waals surface area contributed by atoms with E-state index < -0.39 is 0 Å². The molecule has 0 saturated heterocycles. The van der Waals surface area contributed by atoms with Crippen LogP contribution in [0.25, 0.3) is 0 Å². The fourth-order valence-corrected chi connectivity index (χ4v) is 5.97. The summed E-state index contributed by atoms with van der Waals surface area (Å²) >= 11 is 0. The zero-order valence-electron chi connectivity index (χ0n) is 28.3. The van der Waals surface area contributed by atoms with Crippen molar-refractivity contribution in [2.45, 2.75) is 202 Å². The Hall–Kier alpha value is -0.790. The fraction of sp³-hybridized carbons (Fsp3) is 0.921. The lowest BCUT2D eigenvalue weighted by molar-refractivity contribution is -0.140. The predicted octanol–water partition coefficient (Wildman–Crippen LogP) is 13.2. The maximum Gasteiger partial charge on any atom is 0.333 e. The van der Waals surface area contributed by atoms with Crippen molar-refractivity contribution in [2.24, 2.45) is 17.8 Å². The summed E-state index contributed by atoms with van der Waals surface area (Å²) in [5.74, 6) is 1.91. The molecule has 0 fully saturated rings. The third-order valence-electron chi connectivity index (χ3n) is 9.03. The van der Waals surface area contributed by atoms with E-state index in [1.54, 1.807) is 6.92 Å². The monoisotopic (exact) mass is 563 g/mol. The lowest BCUT2D eigenvalue weighted by atomic mass is 9.89. The summed E-state index contributed by atoms with van der Waals surface area (Å²) in [6, 6.07) is 0. The molecule has 238 valence electrons. The van der Waals surface area contributed by atoms with Gasteiger partial charge in [0.2, 0.25) is 0 Å². The predicted molar refractivity (Wildman–Crippen MR) is 179 cm³/mol. The van der Waals surface area contributed by atoms with Crippen LogP contribution < -0.4 is 0 Å². The van der Waals surface area contributed by atoms with E-state index in [1.165, 1.54) is 167 Å². The first-order valence-corrected chi connectivity index (χ1v) is 18.2. The minimum Gasteiger partial charge on any atom is -0.462 e. The molecule has 0 spiro atoms. The number of esters is 1. The Kier molecular flexibility index (Phi) is 29.1. The van der Waals surface area contributed by atoms with Crippen molar-refractivity contribution in [2.75, 3.05) is 6.61 Å². The van der Waals surface area contributed by atoms with Crippen LogP contribution in [0.15, 0.2) is 12.2 Å². The van der Waals surface area contributed by atoms with Crippen LogP contribution in [0.2, 0.25) is 0 Å². The molecule has 0 aromatic carbocycles. The number of hydrogen-bond acceptors (Lipinski definition) is 2. The fourth-order valence-electron chi connectivity index (χ4n) is 5.97. The van der Waals surface area contributed by atoms with Gasteiger partial charge in [-0.3, -0.25) is 0 Å². The molecule has 0 amide bonds. The molecule has 0 aliphatic heterocycles. The molecular weight excluding hydrogens is 488 g/mol. The molecule has 2 heteroatoms. The molecule has 0 bridgehead atoms. The van der Waals surface area contributed by atoms with Crippen molar-refractivity contribution < 1.29 is 9.53 Å². The van der Waals surface area contributed by atoms with E-state index in [2.05, 4.69) is 34.3 Å². The van der Waals surface area contributed by atoms with Crippen LogP contribution in [0.1, 0.15) is 202 Å². The highest BCUT2D eigenvalue weighted by molar-refractivity contribution is 5.86. The van der Waals surface area contributed by atoms with Crippen LogP contribution >= 0.6 is 0 Å². The SMILES string of the molecule is C=C(C)C(=O)OCC(CCCCC(C)CCCCCCCCCCC)CCC(C)CCCCCCCCCCC. The first kappa shape index (κ1) is 39.2. The van der Waals surface area contributed by atoms with Crippen molar-refractivity contribution in [3.05, 3.63) is 12.2 Å². The summed E-state index contributed by atoms with van der Waals surface area (Å²) in [6.45, 7) is 15.5. The van der Waals surface area contributed by atoms with Gasteiger partial charge in [0.25, 0.3) is 0 Å². The molecule has 0 heterocycles. The summed E-state index contributed by atoms with van der Waals surface area (Å²) in [4.78, 5) is 12.0. The van der Waals surface area contributed by atoms with Gasteiger partial charge in [-0.15, -0.1) is 0 Å². The summed E-state index contributed by atoms with van der Waals surface area (Å²) in [5, 5.41) is 0. The van der Waals surface area contributed by atoms with Crippen molar-refractivity contribution in [1.29, 1.82) is 0 Å². The Balaban J connectivity index is 4.05. The molecule has 0 aromatic rings. The largest absolute Gasteiger partial charge is 0.462 e. The molecule has 0 rings (SSSR count). The number of carbonyl (C=O) groups is 1. The summed E-state index contributed by atoms with van der Waals surface area (Å²) in [5.41, 5.74) is 0.516. The Morgan fingerprint density at radius 3 is 1.30 bits per heavy atom. The van der Waals surface area contributed by atoms with Crippen molar-refractivity contribution in [3.8, 4) is 0 Å². The summed E-state index contributed by atoms with van der Waals surface area (Å²) in [6.07, 6.45) is 35.7. The van der Waals surface area contributed by atoms with Crippen molar-refractivity contribution in [1.82, 2.24) is 0 Å². The van der Waals surface area contributed by atoms with Crippen molar-refractivity contribution in [3.63, 3.8) is 0 Å². The number of unbranched alkanes of at least 4 members (excludes halogenated alkanes) is 17. The van der Waals surface area contributed by atoms with Crippen LogP contribution in [0.3, 0.4) is 0 Å². The highest BCUT2D eigenvalue weighted by Crippen LogP contribution is 2.25. The van der Waals surface area contributed by atoms with Crippen LogP contribution in [0.4, 0.5) is 0 Å². The molecule has 0 aliphatic rings. The minimum atomic E-state index is -0.220. The van der Waals surface area contributed by atoms with Gasteiger partial charge in [0, 0.05) is 5.57 Å². The maximum atomic E-state index is 12.0. The zero-order valence-corrected chi connectivity index (χ0v) is 28.3. The zero-order chi connectivity index (χ0) is 29.7. The first-order chi connectivity index (χ1) is 19.4. The van der Waals surface area contributed by atoms with Gasteiger partial charge in [-0.2, -0.15) is 0 Å². The number of rotatable bonds is 31. The van der Waals surface area contributed by atoms with E-state index in [4.69, 9.17) is 4.74 Å². The first-order valence-electron chi connectivity index (χ1n) is 18.2. The highest BCUT2D eigenvalue weighted by atomic mass is 16.5. The van der Waals surface area contributed by atoms with Gasteiger partial charge >= 0.3 is 5.97 Å². The van der Waals surface area contributed by atoms with E-state index in [9.17, 15) is 4.79 Å². The lowest BCUT2D eigenvalue weighted by Crippen LogP contribution is -2.16. The molecular formula is C38H74O2. The van der Waals surface area contributed by atoms with E-state index in [1.807, 2.05) is 0 Å². The van der Waals surface area contributed by atoms with Gasteiger partial charge in [-0.1, -0.05) is 188 Å². The molecule has 3 unspecified atom stereocenters. The van der Waals surface area contributed by atoms with Crippen LogP contribution in [0, 0.1) is 17.8 Å². The third kappa shape index (κ3) is 27.4. The molecule has 0 aliphatic carbocycles. The lowest BCUT2D eigenvalue weighted by Gasteiger charge is -2.20. The van der Waals surface area contributed by atoms with Gasteiger partial charge in [0.1, 0.15) is 0 Å². The molecule has 0 N–H and O–H groups in total. The van der Waals surface area contributed by atoms with Crippen LogP contribution in [0.5, 0.6) is 0 Å². The summed E-state index contributed by atoms with van der Waals surface area (Å²) in [7, 11) is 0. The smallest absolute Gasteiger partial charge is 0.333 e. The summed E-state index contributed by atoms with van der Waals surface area (Å²) < 4.78 is 5.61. The normalized spacial score (nSPS) is 13.7. The average molecular weight is 563 g/mol. The molecule has 3 atom stereocenters. The average Bonchev–Trinajstić information content (AvgIpc) is 2.94. The van der Waals surface area contributed by atoms with Crippen LogP contribution in [-0.4, -0.2) is 12.6 Å². The molecule has 0 saturated carbocycles. The van der Waals surface area contributed by atoms with Crippen LogP contribution in [-0.2, 0) is 9.53 Å². The number of carbonyl (C=O) groups excluding carboxylic acids is 1. The second kappa shape index (κ2) is 29.7.